The lowest BCUT2D eigenvalue weighted by Gasteiger charge is -2.08. The normalized spacial score (nSPS) is 9.72. The fourth-order valence-corrected chi connectivity index (χ4v) is 1.49. The average molecular weight is 248 g/mol. The van der Waals surface area contributed by atoms with Crippen LogP contribution < -0.4 is 4.74 Å². The molecule has 1 aromatic rings. The molecule has 18 heavy (non-hydrogen) atoms. The summed E-state index contributed by atoms with van der Waals surface area (Å²) >= 11 is 0. The Kier molecular flexibility index (Phi) is 6.93. The monoisotopic (exact) mass is 248 g/mol. The molecule has 0 spiro atoms. The van der Waals surface area contributed by atoms with Crippen LogP contribution in [-0.4, -0.2) is 32.0 Å². The molecular formula is C15H20O3. The average Bonchev–Trinajstić information content (AvgIpc) is 2.37. The predicted molar refractivity (Wildman–Crippen MR) is 71.7 cm³/mol. The van der Waals surface area contributed by atoms with Gasteiger partial charge in [-0.3, -0.25) is 0 Å². The molecule has 0 heterocycles. The summed E-state index contributed by atoms with van der Waals surface area (Å²) in [6.07, 6.45) is 1.39. The maximum absolute atomic E-state index is 8.65. The Morgan fingerprint density at radius 3 is 2.78 bits per heavy atom. The molecule has 0 aliphatic carbocycles. The lowest BCUT2D eigenvalue weighted by molar-refractivity contribution is 0.172. The molecular weight excluding hydrogens is 228 g/mol. The second kappa shape index (κ2) is 8.57. The maximum Gasteiger partial charge on any atom is 0.122 e. The van der Waals surface area contributed by atoms with Gasteiger partial charge in [-0.15, -0.1) is 0 Å². The zero-order chi connectivity index (χ0) is 13.2. The summed E-state index contributed by atoms with van der Waals surface area (Å²) in [5.74, 6) is 6.79. The molecule has 0 saturated heterocycles. The highest BCUT2D eigenvalue weighted by atomic mass is 16.5. The van der Waals surface area contributed by atoms with E-state index in [0.717, 1.165) is 23.3 Å². The summed E-state index contributed by atoms with van der Waals surface area (Å²) in [4.78, 5) is 0. The molecule has 1 rings (SSSR count). The third kappa shape index (κ3) is 5.22. The van der Waals surface area contributed by atoms with Gasteiger partial charge in [-0.1, -0.05) is 11.8 Å². The van der Waals surface area contributed by atoms with Gasteiger partial charge in [-0.2, -0.15) is 0 Å². The van der Waals surface area contributed by atoms with Crippen LogP contribution in [0.3, 0.4) is 0 Å². The zero-order valence-corrected chi connectivity index (χ0v) is 11.0. The molecule has 98 valence electrons. The first-order valence-corrected chi connectivity index (χ1v) is 6.10. The van der Waals surface area contributed by atoms with Gasteiger partial charge >= 0.3 is 0 Å². The van der Waals surface area contributed by atoms with Crippen LogP contribution in [0.5, 0.6) is 5.75 Å². The number of hydrogen-bond donors (Lipinski definition) is 1. The maximum atomic E-state index is 8.65. The highest BCUT2D eigenvalue weighted by Gasteiger charge is 1.99. The van der Waals surface area contributed by atoms with Crippen molar-refractivity contribution in [2.24, 2.45) is 0 Å². The number of aryl methyl sites for hydroxylation is 1. The smallest absolute Gasteiger partial charge is 0.122 e. The largest absolute Gasteiger partial charge is 0.493 e. The van der Waals surface area contributed by atoms with Crippen molar-refractivity contribution >= 4 is 0 Å². The second-order valence-electron chi connectivity index (χ2n) is 3.95. The number of aliphatic hydroxyl groups excluding tert-OH is 1. The molecule has 0 atom stereocenters. The van der Waals surface area contributed by atoms with Gasteiger partial charge in [0.15, 0.2) is 0 Å². The lowest BCUT2D eigenvalue weighted by atomic mass is 10.1. The molecule has 0 radical (unpaired) electrons. The molecule has 0 fully saturated rings. The van der Waals surface area contributed by atoms with Crippen molar-refractivity contribution in [2.45, 2.75) is 19.8 Å². The Bertz CT molecular complexity index is 415. The number of benzene rings is 1. The first-order valence-electron chi connectivity index (χ1n) is 6.10. The molecule has 0 bridgehead atoms. The molecule has 0 amide bonds. The highest BCUT2D eigenvalue weighted by molar-refractivity contribution is 5.43. The predicted octanol–water partition coefficient (Wildman–Crippen LogP) is 2.14. The summed E-state index contributed by atoms with van der Waals surface area (Å²) in [7, 11) is 1.69. The van der Waals surface area contributed by atoms with Gasteiger partial charge < -0.3 is 14.6 Å². The van der Waals surface area contributed by atoms with Crippen LogP contribution in [0.25, 0.3) is 0 Å². The number of ether oxygens (including phenoxy) is 2. The van der Waals surface area contributed by atoms with Gasteiger partial charge in [0, 0.05) is 32.1 Å². The van der Waals surface area contributed by atoms with Gasteiger partial charge in [0.1, 0.15) is 5.75 Å². The van der Waals surface area contributed by atoms with Gasteiger partial charge in [0.25, 0.3) is 0 Å². The third-order valence-corrected chi connectivity index (χ3v) is 2.39. The van der Waals surface area contributed by atoms with Crippen molar-refractivity contribution < 1.29 is 14.6 Å². The Hall–Kier alpha value is -1.50. The quantitative estimate of drug-likeness (QED) is 0.619. The van der Waals surface area contributed by atoms with Crippen LogP contribution in [0.1, 0.15) is 24.0 Å². The lowest BCUT2D eigenvalue weighted by Crippen LogP contribution is -2.02. The molecule has 1 aromatic carbocycles. The Labute approximate surface area is 109 Å². The number of hydrogen-bond acceptors (Lipinski definition) is 3. The zero-order valence-electron chi connectivity index (χ0n) is 11.0. The minimum absolute atomic E-state index is 0.104. The number of rotatable bonds is 6. The molecule has 3 nitrogen and oxygen atoms in total. The van der Waals surface area contributed by atoms with Crippen molar-refractivity contribution in [3.8, 4) is 17.6 Å². The summed E-state index contributed by atoms with van der Waals surface area (Å²) < 4.78 is 10.6. The van der Waals surface area contributed by atoms with E-state index in [2.05, 4.69) is 11.8 Å². The van der Waals surface area contributed by atoms with E-state index in [9.17, 15) is 0 Å². The highest BCUT2D eigenvalue weighted by Crippen LogP contribution is 2.18. The van der Waals surface area contributed by atoms with Crippen molar-refractivity contribution in [3.63, 3.8) is 0 Å². The fraction of sp³-hybridized carbons (Fsp3) is 0.467. The van der Waals surface area contributed by atoms with E-state index in [0.29, 0.717) is 19.6 Å². The van der Waals surface area contributed by atoms with E-state index in [-0.39, 0.29) is 6.61 Å². The second-order valence-corrected chi connectivity index (χ2v) is 3.95. The van der Waals surface area contributed by atoms with Crippen LogP contribution in [0.4, 0.5) is 0 Å². The van der Waals surface area contributed by atoms with E-state index in [1.807, 2.05) is 25.1 Å². The van der Waals surface area contributed by atoms with Gasteiger partial charge in [-0.25, -0.2) is 0 Å². The first-order chi connectivity index (χ1) is 8.77. The first kappa shape index (κ1) is 14.6. The van der Waals surface area contributed by atoms with Crippen LogP contribution in [0, 0.1) is 18.8 Å². The summed E-state index contributed by atoms with van der Waals surface area (Å²) in [6, 6.07) is 5.87. The van der Waals surface area contributed by atoms with Crippen molar-refractivity contribution in [1.29, 1.82) is 0 Å². The van der Waals surface area contributed by atoms with Gasteiger partial charge in [0.2, 0.25) is 0 Å². The topological polar surface area (TPSA) is 38.7 Å². The van der Waals surface area contributed by atoms with Crippen molar-refractivity contribution in [3.05, 3.63) is 29.3 Å². The van der Waals surface area contributed by atoms with E-state index in [1.54, 1.807) is 7.11 Å². The van der Waals surface area contributed by atoms with E-state index < -0.39 is 0 Å². The van der Waals surface area contributed by atoms with E-state index >= 15 is 0 Å². The minimum Gasteiger partial charge on any atom is -0.493 e. The molecule has 0 unspecified atom stereocenters. The van der Waals surface area contributed by atoms with Crippen LogP contribution in [-0.2, 0) is 4.74 Å². The fourth-order valence-electron chi connectivity index (χ4n) is 1.49. The van der Waals surface area contributed by atoms with Crippen molar-refractivity contribution in [2.75, 3.05) is 26.9 Å². The van der Waals surface area contributed by atoms with E-state index in [4.69, 9.17) is 14.6 Å². The van der Waals surface area contributed by atoms with Crippen LogP contribution in [0.2, 0.25) is 0 Å². The molecule has 0 aliphatic rings. The standard InChI is InChI=1S/C15H20O3/c1-13-12-14(6-3-4-9-16)7-8-15(13)18-11-5-10-17-2/h7-8,12,16H,4-5,9-11H2,1-2H3. The van der Waals surface area contributed by atoms with Crippen LogP contribution >= 0.6 is 0 Å². The molecule has 3 heteroatoms. The molecule has 0 aliphatic heterocycles. The Morgan fingerprint density at radius 1 is 1.28 bits per heavy atom. The summed E-state index contributed by atoms with van der Waals surface area (Å²) in [6.45, 7) is 3.48. The minimum atomic E-state index is 0.104. The number of aliphatic hydroxyl groups is 1. The molecule has 0 saturated carbocycles. The molecule has 0 aromatic heterocycles. The van der Waals surface area contributed by atoms with Gasteiger partial charge in [-0.05, 0) is 30.7 Å². The summed E-state index contributed by atoms with van der Waals surface area (Å²) in [5, 5.41) is 8.65. The third-order valence-electron chi connectivity index (χ3n) is 2.39. The van der Waals surface area contributed by atoms with Gasteiger partial charge in [0.05, 0.1) is 13.2 Å². The Balaban J connectivity index is 2.54. The summed E-state index contributed by atoms with van der Waals surface area (Å²) in [5.41, 5.74) is 2.02. The Morgan fingerprint density at radius 2 is 2.11 bits per heavy atom. The van der Waals surface area contributed by atoms with E-state index in [1.165, 1.54) is 0 Å². The number of methoxy groups -OCH3 is 1. The van der Waals surface area contributed by atoms with Crippen LogP contribution in [0.15, 0.2) is 18.2 Å². The SMILES string of the molecule is COCCCOc1ccc(C#CCCO)cc1C. The molecule has 1 N–H and O–H groups in total. The van der Waals surface area contributed by atoms with Crippen molar-refractivity contribution in [1.82, 2.24) is 0 Å².